The number of carbonyl (C=O) groups excluding carboxylic acids is 2. The molecule has 0 radical (unpaired) electrons. The maximum Gasteiger partial charge on any atom is 0.289 e. The van der Waals surface area contributed by atoms with Crippen LogP contribution in [-0.2, 0) is 16.8 Å². The van der Waals surface area contributed by atoms with Gasteiger partial charge in [0.2, 0.25) is 0 Å². The third kappa shape index (κ3) is 4.37. The second kappa shape index (κ2) is 8.02. The molecule has 6 nitrogen and oxygen atoms in total. The first-order chi connectivity index (χ1) is 13.6. The molecular formula is C21H22BrFN4O2. The number of nitrogens with two attached hydrogens (primary N) is 1. The lowest BCUT2D eigenvalue weighted by molar-refractivity contribution is -0.127. The van der Waals surface area contributed by atoms with Crippen LogP contribution < -0.4 is 5.73 Å². The average molecular weight is 461 g/mol. The van der Waals surface area contributed by atoms with E-state index in [4.69, 9.17) is 5.73 Å². The molecule has 1 unspecified atom stereocenters. The summed E-state index contributed by atoms with van der Waals surface area (Å²) in [5, 5.41) is 0. The van der Waals surface area contributed by atoms with E-state index in [0.29, 0.717) is 16.8 Å². The summed E-state index contributed by atoms with van der Waals surface area (Å²) in [5.74, 6) is -1.14. The number of hydrogen-bond donors (Lipinski definition) is 1. The van der Waals surface area contributed by atoms with Crippen LogP contribution in [0.15, 0.2) is 46.0 Å². The highest BCUT2D eigenvalue weighted by Gasteiger charge is 2.39. The molecule has 0 fully saturated rings. The van der Waals surface area contributed by atoms with E-state index >= 15 is 0 Å². The number of amides is 1. The van der Waals surface area contributed by atoms with Crippen molar-refractivity contribution in [2.75, 3.05) is 6.54 Å². The highest BCUT2D eigenvalue weighted by Crippen LogP contribution is 2.33. The van der Waals surface area contributed by atoms with E-state index in [2.05, 4.69) is 25.9 Å². The predicted molar refractivity (Wildman–Crippen MR) is 112 cm³/mol. The van der Waals surface area contributed by atoms with Gasteiger partial charge in [0.1, 0.15) is 17.1 Å². The minimum Gasteiger partial charge on any atom is -0.379 e. The number of hydrogen-bond acceptors (Lipinski definition) is 5. The number of Topliss-reactive ketones (excluding diaryl/α,β-unsaturated/α-hetero) is 1. The van der Waals surface area contributed by atoms with Crippen LogP contribution in [0.3, 0.4) is 0 Å². The Labute approximate surface area is 177 Å². The van der Waals surface area contributed by atoms with E-state index in [0.717, 1.165) is 4.47 Å². The SMILES string of the molecule is CC(C)N1CC(C)(c2cc(CC(=O)c3ccc(Br)cn3)ccc2F)N=C(N)C1=O. The van der Waals surface area contributed by atoms with E-state index in [1.165, 1.54) is 6.07 Å². The fraction of sp³-hybridized carbons (Fsp3) is 0.333. The molecule has 1 aromatic heterocycles. The van der Waals surface area contributed by atoms with Gasteiger partial charge in [0.15, 0.2) is 11.6 Å². The third-order valence-electron chi connectivity index (χ3n) is 4.94. The van der Waals surface area contributed by atoms with Gasteiger partial charge in [0.25, 0.3) is 5.91 Å². The zero-order chi connectivity index (χ0) is 21.3. The lowest BCUT2D eigenvalue weighted by atomic mass is 9.87. The molecule has 8 heteroatoms. The second-order valence-electron chi connectivity index (χ2n) is 7.57. The van der Waals surface area contributed by atoms with Crippen LogP contribution >= 0.6 is 15.9 Å². The van der Waals surface area contributed by atoms with Gasteiger partial charge in [-0.3, -0.25) is 19.6 Å². The van der Waals surface area contributed by atoms with Crippen LogP contribution in [0.5, 0.6) is 0 Å². The number of ketones is 1. The Morgan fingerprint density at radius 1 is 1.34 bits per heavy atom. The summed E-state index contributed by atoms with van der Waals surface area (Å²) in [7, 11) is 0. The molecule has 29 heavy (non-hydrogen) atoms. The molecule has 152 valence electrons. The van der Waals surface area contributed by atoms with Crippen molar-refractivity contribution in [2.45, 2.75) is 38.8 Å². The molecule has 0 saturated heterocycles. The van der Waals surface area contributed by atoms with E-state index in [9.17, 15) is 14.0 Å². The number of benzene rings is 1. The Bertz CT molecular complexity index is 991. The second-order valence-corrected chi connectivity index (χ2v) is 8.49. The standard InChI is InChI=1S/C21H22BrFN4O2/c1-12(2)27-11-21(3,26-19(24)20(27)29)15-8-13(4-6-16(15)23)9-18(28)17-7-5-14(22)10-25-17/h4-8,10,12H,9,11H2,1-3H3,(H2,24,26). The maximum absolute atomic E-state index is 14.7. The molecule has 2 aromatic rings. The van der Waals surface area contributed by atoms with Crippen molar-refractivity contribution in [3.63, 3.8) is 0 Å². The van der Waals surface area contributed by atoms with E-state index in [1.807, 2.05) is 13.8 Å². The first-order valence-corrected chi connectivity index (χ1v) is 10.00. The quantitative estimate of drug-likeness (QED) is 0.693. The minimum absolute atomic E-state index is 0.0734. The number of carbonyl (C=O) groups is 2. The van der Waals surface area contributed by atoms with E-state index in [1.54, 1.807) is 42.3 Å². The zero-order valence-electron chi connectivity index (χ0n) is 16.4. The molecule has 2 N–H and O–H groups in total. The van der Waals surface area contributed by atoms with Crippen LogP contribution in [-0.4, -0.2) is 40.0 Å². The van der Waals surface area contributed by atoms with Gasteiger partial charge in [0, 0.05) is 28.7 Å². The van der Waals surface area contributed by atoms with Crippen LogP contribution in [0.4, 0.5) is 4.39 Å². The van der Waals surface area contributed by atoms with Gasteiger partial charge in [-0.05, 0) is 66.5 Å². The summed E-state index contributed by atoms with van der Waals surface area (Å²) in [6.45, 7) is 5.68. The Hall–Kier alpha value is -2.61. The lowest BCUT2D eigenvalue weighted by Gasteiger charge is -2.39. The molecule has 1 atom stereocenters. The highest BCUT2D eigenvalue weighted by atomic mass is 79.9. The summed E-state index contributed by atoms with van der Waals surface area (Å²) in [6.07, 6.45) is 1.63. The van der Waals surface area contributed by atoms with E-state index < -0.39 is 11.4 Å². The first kappa shape index (κ1) is 21.1. The molecule has 1 aliphatic rings. The van der Waals surface area contributed by atoms with Gasteiger partial charge in [-0.2, -0.15) is 0 Å². The van der Waals surface area contributed by atoms with Crippen molar-refractivity contribution in [1.82, 2.24) is 9.88 Å². The molecule has 1 amide bonds. The topological polar surface area (TPSA) is 88.7 Å². The molecule has 0 saturated carbocycles. The minimum atomic E-state index is -1.04. The summed E-state index contributed by atoms with van der Waals surface area (Å²) in [6, 6.07) is 7.79. The fourth-order valence-electron chi connectivity index (χ4n) is 3.37. The fourth-order valence-corrected chi connectivity index (χ4v) is 3.61. The van der Waals surface area contributed by atoms with Gasteiger partial charge in [-0.15, -0.1) is 0 Å². The monoisotopic (exact) mass is 460 g/mol. The number of aromatic nitrogens is 1. The van der Waals surface area contributed by atoms with Gasteiger partial charge in [0.05, 0.1) is 6.54 Å². The molecule has 3 rings (SSSR count). The maximum atomic E-state index is 14.7. The number of rotatable bonds is 5. The van der Waals surface area contributed by atoms with Crippen molar-refractivity contribution in [3.05, 3.63) is 63.6 Å². The Morgan fingerprint density at radius 3 is 2.69 bits per heavy atom. The molecular weight excluding hydrogens is 439 g/mol. The summed E-state index contributed by atoms with van der Waals surface area (Å²) < 4.78 is 15.5. The van der Waals surface area contributed by atoms with Gasteiger partial charge < -0.3 is 10.6 Å². The largest absolute Gasteiger partial charge is 0.379 e. The highest BCUT2D eigenvalue weighted by molar-refractivity contribution is 9.10. The first-order valence-electron chi connectivity index (χ1n) is 9.20. The van der Waals surface area contributed by atoms with Crippen LogP contribution in [0.25, 0.3) is 0 Å². The van der Waals surface area contributed by atoms with Gasteiger partial charge in [-0.1, -0.05) is 6.07 Å². The molecule has 0 spiro atoms. The Kier molecular flexibility index (Phi) is 5.84. The molecule has 1 aliphatic heterocycles. The number of pyridine rings is 1. The number of nitrogens with zero attached hydrogens (tertiary/aromatic N) is 3. The molecule has 0 bridgehead atoms. The number of aliphatic imine (C=N–C) groups is 1. The van der Waals surface area contributed by atoms with Gasteiger partial charge in [-0.25, -0.2) is 4.39 Å². The third-order valence-corrected chi connectivity index (χ3v) is 5.41. The van der Waals surface area contributed by atoms with Crippen molar-refractivity contribution >= 4 is 33.5 Å². The summed E-state index contributed by atoms with van der Waals surface area (Å²) >= 11 is 3.29. The van der Waals surface area contributed by atoms with Crippen LogP contribution in [0.2, 0.25) is 0 Å². The molecule has 1 aromatic carbocycles. The van der Waals surface area contributed by atoms with Crippen LogP contribution in [0.1, 0.15) is 42.4 Å². The Balaban J connectivity index is 1.93. The van der Waals surface area contributed by atoms with E-state index in [-0.39, 0.29) is 36.5 Å². The average Bonchev–Trinajstić information content (AvgIpc) is 2.66. The van der Waals surface area contributed by atoms with Crippen molar-refractivity contribution in [2.24, 2.45) is 10.7 Å². The number of amidine groups is 1. The number of halogens is 2. The normalized spacial score (nSPS) is 19.4. The van der Waals surface area contributed by atoms with Gasteiger partial charge >= 0.3 is 0 Å². The summed E-state index contributed by atoms with van der Waals surface area (Å²) in [5.41, 5.74) is 6.08. The smallest absolute Gasteiger partial charge is 0.289 e. The Morgan fingerprint density at radius 2 is 2.07 bits per heavy atom. The lowest BCUT2D eigenvalue weighted by Crippen LogP contribution is -2.54. The zero-order valence-corrected chi connectivity index (χ0v) is 18.0. The van der Waals surface area contributed by atoms with Crippen molar-refractivity contribution < 1.29 is 14.0 Å². The van der Waals surface area contributed by atoms with Crippen LogP contribution in [0, 0.1) is 5.82 Å². The molecule has 0 aliphatic carbocycles. The predicted octanol–water partition coefficient (Wildman–Crippen LogP) is 3.23. The molecule has 2 heterocycles. The summed E-state index contributed by atoms with van der Waals surface area (Å²) in [4.78, 5) is 34.8. The van der Waals surface area contributed by atoms with Crippen molar-refractivity contribution in [1.29, 1.82) is 0 Å². The van der Waals surface area contributed by atoms with Crippen molar-refractivity contribution in [3.8, 4) is 0 Å².